The summed E-state index contributed by atoms with van der Waals surface area (Å²) in [6, 6.07) is 15.1. The van der Waals surface area contributed by atoms with Crippen molar-refractivity contribution >= 4 is 0 Å². The van der Waals surface area contributed by atoms with Crippen LogP contribution in [0.15, 0.2) is 53.1 Å². The Hall–Kier alpha value is -1.50. The number of hydrogen-bond donors (Lipinski definition) is 0. The van der Waals surface area contributed by atoms with E-state index in [1.807, 2.05) is 6.07 Å². The molecular weight excluding hydrogens is 232 g/mol. The zero-order valence-corrected chi connectivity index (χ0v) is 11.4. The monoisotopic (exact) mass is 254 g/mol. The first-order valence-corrected chi connectivity index (χ1v) is 7.49. The highest BCUT2D eigenvalue weighted by atomic mass is 16.3. The molecule has 0 saturated heterocycles. The fourth-order valence-corrected chi connectivity index (χ4v) is 3.38. The summed E-state index contributed by atoms with van der Waals surface area (Å²) in [6.07, 6.45) is 9.64. The molecule has 0 amide bonds. The standard InChI is InChI=1S/C18H22O/c1-2-7-16(8-3-1)17-9-4-6-15(14-17)11-12-18-10-5-13-19-18/h1-3,5,7-8,10,13,15,17H,4,6,9,11-12,14H2. The summed E-state index contributed by atoms with van der Waals surface area (Å²) in [5.74, 6) is 2.78. The first kappa shape index (κ1) is 12.5. The molecule has 0 spiro atoms. The maximum Gasteiger partial charge on any atom is 0.103 e. The molecule has 0 radical (unpaired) electrons. The van der Waals surface area contributed by atoms with Crippen molar-refractivity contribution in [1.82, 2.24) is 0 Å². The van der Waals surface area contributed by atoms with Crippen LogP contribution in [0.25, 0.3) is 0 Å². The summed E-state index contributed by atoms with van der Waals surface area (Å²) in [6.45, 7) is 0. The molecule has 19 heavy (non-hydrogen) atoms. The molecule has 2 atom stereocenters. The van der Waals surface area contributed by atoms with Gasteiger partial charge in [-0.05, 0) is 48.8 Å². The first-order valence-electron chi connectivity index (χ1n) is 7.49. The second-order valence-electron chi connectivity index (χ2n) is 5.76. The van der Waals surface area contributed by atoms with E-state index in [1.165, 1.54) is 37.7 Å². The van der Waals surface area contributed by atoms with Crippen molar-refractivity contribution in [2.75, 3.05) is 0 Å². The van der Waals surface area contributed by atoms with Crippen molar-refractivity contribution in [3.05, 3.63) is 60.1 Å². The Morgan fingerprint density at radius 3 is 2.68 bits per heavy atom. The van der Waals surface area contributed by atoms with Crippen molar-refractivity contribution < 1.29 is 4.42 Å². The fourth-order valence-electron chi connectivity index (χ4n) is 3.38. The lowest BCUT2D eigenvalue weighted by Crippen LogP contribution is -2.14. The third-order valence-electron chi connectivity index (χ3n) is 4.43. The Morgan fingerprint density at radius 2 is 1.89 bits per heavy atom. The topological polar surface area (TPSA) is 13.1 Å². The van der Waals surface area contributed by atoms with Gasteiger partial charge in [-0.15, -0.1) is 0 Å². The van der Waals surface area contributed by atoms with E-state index in [9.17, 15) is 0 Å². The van der Waals surface area contributed by atoms with Gasteiger partial charge in [0.1, 0.15) is 5.76 Å². The van der Waals surface area contributed by atoms with Gasteiger partial charge in [0.05, 0.1) is 6.26 Å². The van der Waals surface area contributed by atoms with Crippen LogP contribution < -0.4 is 0 Å². The van der Waals surface area contributed by atoms with Gasteiger partial charge in [-0.3, -0.25) is 0 Å². The van der Waals surface area contributed by atoms with Gasteiger partial charge in [-0.2, -0.15) is 0 Å². The van der Waals surface area contributed by atoms with E-state index < -0.39 is 0 Å². The summed E-state index contributed by atoms with van der Waals surface area (Å²) < 4.78 is 5.44. The molecular formula is C18H22O. The smallest absolute Gasteiger partial charge is 0.103 e. The molecule has 1 aromatic heterocycles. The summed E-state index contributed by atoms with van der Waals surface area (Å²) in [5, 5.41) is 0. The van der Waals surface area contributed by atoms with Crippen LogP contribution in [-0.4, -0.2) is 0 Å². The highest BCUT2D eigenvalue weighted by Gasteiger charge is 2.23. The first-order chi connectivity index (χ1) is 9.42. The number of furan rings is 1. The van der Waals surface area contributed by atoms with Crippen LogP contribution >= 0.6 is 0 Å². The van der Waals surface area contributed by atoms with E-state index in [1.54, 1.807) is 6.26 Å². The maximum atomic E-state index is 5.44. The second kappa shape index (κ2) is 6.10. The zero-order chi connectivity index (χ0) is 12.9. The SMILES string of the molecule is c1ccc(C2CCCC(CCc3ccco3)C2)cc1. The number of aryl methyl sites for hydroxylation is 1. The Labute approximate surface area is 115 Å². The molecule has 1 saturated carbocycles. The molecule has 1 nitrogen and oxygen atoms in total. The number of hydrogen-bond acceptors (Lipinski definition) is 1. The highest BCUT2D eigenvalue weighted by Crippen LogP contribution is 2.37. The maximum absolute atomic E-state index is 5.44. The van der Waals surface area contributed by atoms with Gasteiger partial charge in [0.2, 0.25) is 0 Å². The average Bonchev–Trinajstić information content (AvgIpc) is 3.00. The van der Waals surface area contributed by atoms with Gasteiger partial charge in [0.25, 0.3) is 0 Å². The van der Waals surface area contributed by atoms with E-state index >= 15 is 0 Å². The van der Waals surface area contributed by atoms with E-state index in [0.717, 1.165) is 24.0 Å². The molecule has 0 N–H and O–H groups in total. The van der Waals surface area contributed by atoms with Crippen molar-refractivity contribution in [1.29, 1.82) is 0 Å². The summed E-state index contributed by atoms with van der Waals surface area (Å²) in [4.78, 5) is 0. The zero-order valence-electron chi connectivity index (χ0n) is 11.4. The minimum absolute atomic E-state index is 0.775. The van der Waals surface area contributed by atoms with Crippen molar-refractivity contribution in [2.24, 2.45) is 5.92 Å². The van der Waals surface area contributed by atoms with E-state index in [2.05, 4.69) is 36.4 Å². The lowest BCUT2D eigenvalue weighted by atomic mass is 9.76. The molecule has 3 rings (SSSR count). The van der Waals surface area contributed by atoms with Gasteiger partial charge >= 0.3 is 0 Å². The largest absolute Gasteiger partial charge is 0.469 e. The van der Waals surface area contributed by atoms with E-state index in [4.69, 9.17) is 4.42 Å². The molecule has 2 unspecified atom stereocenters. The van der Waals surface area contributed by atoms with Gasteiger partial charge in [0.15, 0.2) is 0 Å². The summed E-state index contributed by atoms with van der Waals surface area (Å²) in [7, 11) is 0. The Morgan fingerprint density at radius 1 is 1.00 bits per heavy atom. The Balaban J connectivity index is 1.56. The van der Waals surface area contributed by atoms with Crippen molar-refractivity contribution in [3.63, 3.8) is 0 Å². The van der Waals surface area contributed by atoms with E-state index in [-0.39, 0.29) is 0 Å². The average molecular weight is 254 g/mol. The predicted molar refractivity (Wildman–Crippen MR) is 78.2 cm³/mol. The van der Waals surface area contributed by atoms with Crippen LogP contribution in [0.2, 0.25) is 0 Å². The summed E-state index contributed by atoms with van der Waals surface area (Å²) >= 11 is 0. The molecule has 2 aromatic rings. The third kappa shape index (κ3) is 3.28. The third-order valence-corrected chi connectivity index (χ3v) is 4.43. The lowest BCUT2D eigenvalue weighted by molar-refractivity contribution is 0.300. The second-order valence-corrected chi connectivity index (χ2v) is 5.76. The molecule has 1 aromatic carbocycles. The van der Waals surface area contributed by atoms with Crippen LogP contribution in [0, 0.1) is 5.92 Å². The van der Waals surface area contributed by atoms with Crippen LogP contribution in [0.1, 0.15) is 49.3 Å². The quantitative estimate of drug-likeness (QED) is 0.732. The minimum Gasteiger partial charge on any atom is -0.469 e. The predicted octanol–water partition coefficient (Wildman–Crippen LogP) is 5.19. The minimum atomic E-state index is 0.775. The Kier molecular flexibility index (Phi) is 4.02. The van der Waals surface area contributed by atoms with Crippen molar-refractivity contribution in [2.45, 2.75) is 44.4 Å². The van der Waals surface area contributed by atoms with Crippen LogP contribution in [0.3, 0.4) is 0 Å². The van der Waals surface area contributed by atoms with Crippen LogP contribution in [0.4, 0.5) is 0 Å². The van der Waals surface area contributed by atoms with Crippen molar-refractivity contribution in [3.8, 4) is 0 Å². The summed E-state index contributed by atoms with van der Waals surface area (Å²) in [5.41, 5.74) is 1.53. The van der Waals surface area contributed by atoms with Crippen LogP contribution in [-0.2, 0) is 6.42 Å². The lowest BCUT2D eigenvalue weighted by Gasteiger charge is -2.29. The van der Waals surface area contributed by atoms with Gasteiger partial charge in [-0.25, -0.2) is 0 Å². The van der Waals surface area contributed by atoms with Gasteiger partial charge in [-0.1, -0.05) is 43.2 Å². The molecule has 0 aliphatic heterocycles. The van der Waals surface area contributed by atoms with Gasteiger partial charge < -0.3 is 4.42 Å². The van der Waals surface area contributed by atoms with Gasteiger partial charge in [0, 0.05) is 6.42 Å². The molecule has 1 aliphatic carbocycles. The molecule has 0 bridgehead atoms. The highest BCUT2D eigenvalue weighted by molar-refractivity contribution is 5.20. The number of rotatable bonds is 4. The molecule has 100 valence electrons. The molecule has 1 heteroatoms. The fraction of sp³-hybridized carbons (Fsp3) is 0.444. The van der Waals surface area contributed by atoms with Crippen LogP contribution in [0.5, 0.6) is 0 Å². The normalized spacial score (nSPS) is 23.4. The molecule has 1 aliphatic rings. The van der Waals surface area contributed by atoms with E-state index in [0.29, 0.717) is 0 Å². The molecule has 1 fully saturated rings. The molecule has 1 heterocycles. The number of benzene rings is 1. The Bertz CT molecular complexity index is 472.